The van der Waals surface area contributed by atoms with Crippen molar-refractivity contribution in [3.63, 3.8) is 0 Å². The number of nitrogens with zero attached hydrogens (tertiary/aromatic N) is 6. The number of anilines is 2. The third kappa shape index (κ3) is 5.45. The normalized spacial score (nSPS) is 19.9. The second-order valence-corrected chi connectivity index (χ2v) is 11.2. The second-order valence-electron chi connectivity index (χ2n) is 10.00. The number of hydrogen-bond donors (Lipinski definition) is 1. The number of methoxy groups -OCH3 is 1. The topological polar surface area (TPSA) is 109 Å². The van der Waals surface area contributed by atoms with Crippen molar-refractivity contribution in [2.24, 2.45) is 0 Å². The minimum atomic E-state index is -5.00. The number of nitriles is 1. The van der Waals surface area contributed by atoms with Gasteiger partial charge in [0.15, 0.2) is 5.82 Å². The van der Waals surface area contributed by atoms with Crippen LogP contribution in [-0.2, 0) is 9.61 Å². The molecule has 0 spiro atoms. The minimum absolute atomic E-state index is 0.0193. The zero-order valence-electron chi connectivity index (χ0n) is 23.9. The van der Waals surface area contributed by atoms with Gasteiger partial charge in [0.25, 0.3) is 0 Å². The van der Waals surface area contributed by atoms with Gasteiger partial charge in [0.1, 0.15) is 22.4 Å². The number of ether oxygens (including phenoxy) is 2. The number of amides is 2. The number of carbonyl (C=O) groups excluding carboxylic acids is 1. The van der Waals surface area contributed by atoms with Crippen LogP contribution in [0, 0.1) is 11.3 Å². The lowest BCUT2D eigenvalue weighted by Gasteiger charge is -2.44. The van der Waals surface area contributed by atoms with Crippen LogP contribution >= 0.6 is 11.8 Å². The van der Waals surface area contributed by atoms with E-state index < -0.39 is 17.1 Å². The summed E-state index contributed by atoms with van der Waals surface area (Å²) in [6.45, 7) is 1.87. The van der Waals surface area contributed by atoms with Crippen LogP contribution in [0.1, 0.15) is 11.4 Å². The first-order valence-electron chi connectivity index (χ1n) is 13.8. The highest BCUT2D eigenvalue weighted by atomic mass is 32.2. The van der Waals surface area contributed by atoms with E-state index in [2.05, 4.69) is 21.6 Å². The Morgan fingerprint density at radius 2 is 1.60 bits per heavy atom. The molecule has 0 saturated carbocycles. The fraction of sp³-hybridized carbons (Fsp3) is 0.226. The van der Waals surface area contributed by atoms with Crippen LogP contribution in [0.25, 0.3) is 11.3 Å². The zero-order valence-corrected chi connectivity index (χ0v) is 24.7. The van der Waals surface area contributed by atoms with Gasteiger partial charge >= 0.3 is 12.2 Å². The summed E-state index contributed by atoms with van der Waals surface area (Å²) < 4.78 is 58.0. The lowest BCUT2D eigenvalue weighted by molar-refractivity contribution is -0.167. The Morgan fingerprint density at radius 3 is 2.18 bits per heavy atom. The number of hydrogen-bond acceptors (Lipinski definition) is 8. The molecule has 230 valence electrons. The molecule has 3 aromatic carbocycles. The number of allylic oxidation sites excluding steroid dienone is 1. The summed E-state index contributed by atoms with van der Waals surface area (Å²) in [5, 5.41) is 21.4. The van der Waals surface area contributed by atoms with Crippen LogP contribution in [-0.4, -0.2) is 60.4 Å². The van der Waals surface area contributed by atoms with Gasteiger partial charge in [0.2, 0.25) is 10.8 Å². The molecule has 0 aliphatic carbocycles. The molecule has 3 heterocycles. The number of morpholine rings is 1. The molecule has 0 unspecified atom stereocenters. The van der Waals surface area contributed by atoms with Gasteiger partial charge in [0, 0.05) is 13.1 Å². The highest BCUT2D eigenvalue weighted by molar-refractivity contribution is 8.04. The van der Waals surface area contributed by atoms with Crippen LogP contribution < -0.4 is 19.9 Å². The number of thioether (sulfide) groups is 1. The lowest BCUT2D eigenvalue weighted by atomic mass is 10.1. The third-order valence-corrected chi connectivity index (χ3v) is 8.81. The van der Waals surface area contributed by atoms with Crippen molar-refractivity contribution in [3.05, 3.63) is 101 Å². The Kier molecular flexibility index (Phi) is 8.13. The zero-order chi connectivity index (χ0) is 31.6. The van der Waals surface area contributed by atoms with Gasteiger partial charge in [-0.25, -0.2) is 4.79 Å². The van der Waals surface area contributed by atoms with E-state index in [1.165, 1.54) is 31.4 Å². The third-order valence-electron chi connectivity index (χ3n) is 7.35. The molecule has 45 heavy (non-hydrogen) atoms. The van der Waals surface area contributed by atoms with Gasteiger partial charge in [-0.1, -0.05) is 60.3 Å². The first-order chi connectivity index (χ1) is 21.8. The van der Waals surface area contributed by atoms with Gasteiger partial charge in [-0.3, -0.25) is 9.47 Å². The van der Waals surface area contributed by atoms with E-state index in [4.69, 9.17) is 9.47 Å². The Morgan fingerprint density at radius 1 is 0.978 bits per heavy atom. The summed E-state index contributed by atoms with van der Waals surface area (Å²) in [4.78, 5) is 13.9. The van der Waals surface area contributed by atoms with Crippen molar-refractivity contribution < 1.29 is 27.4 Å². The van der Waals surface area contributed by atoms with E-state index >= 15 is 13.2 Å². The molecule has 0 bridgehead atoms. The van der Waals surface area contributed by atoms with E-state index in [9.17, 15) is 10.1 Å². The molecule has 2 amide bonds. The number of benzene rings is 3. The van der Waals surface area contributed by atoms with E-state index in [1.807, 2.05) is 11.0 Å². The number of halogens is 3. The van der Waals surface area contributed by atoms with Crippen LogP contribution in [0.15, 0.2) is 90.0 Å². The molecule has 10 nitrogen and oxygen atoms in total. The van der Waals surface area contributed by atoms with Crippen LogP contribution in [0.5, 0.6) is 5.75 Å². The number of para-hydroxylation sites is 2. The number of aromatic nitrogens is 3. The van der Waals surface area contributed by atoms with Crippen LogP contribution in [0.3, 0.4) is 0 Å². The SMILES string of the molecule is COc1ccc([C@@]2(C(F)(F)F)NC(=O)N(c3ccccc3)/C(=C(\C#N)c3nnc(N4CCOCC4)n3-c3ccccc3)S2)cc1. The first-order valence-corrected chi connectivity index (χ1v) is 14.6. The van der Waals surface area contributed by atoms with E-state index in [1.54, 1.807) is 59.2 Å². The van der Waals surface area contributed by atoms with E-state index in [0.29, 0.717) is 55.5 Å². The molecule has 2 aliphatic rings. The Labute approximate surface area is 260 Å². The monoisotopic (exact) mass is 633 g/mol. The van der Waals surface area contributed by atoms with Gasteiger partial charge in [-0.2, -0.15) is 18.4 Å². The molecule has 6 rings (SSSR count). The minimum Gasteiger partial charge on any atom is -0.497 e. The van der Waals surface area contributed by atoms with Crippen LogP contribution in [0.4, 0.5) is 29.6 Å². The summed E-state index contributed by atoms with van der Waals surface area (Å²) in [5.41, 5.74) is 0.322. The standard InChI is InChI=1S/C31H26F3N7O3S/c1-43-24-14-12-21(13-15-24)30(31(32,33)34)36-29(42)41(23-10-6-3-7-11-23)27(45-30)25(20-35)26-37-38-28(39-16-18-44-19-17-39)40(26)22-8-4-2-5-9-22/h2-15H,16-19H2,1H3,(H,36,42)/b27-25-/t30-/m1/s1. The maximum Gasteiger partial charge on any atom is 0.425 e. The average molecular weight is 634 g/mol. The summed E-state index contributed by atoms with van der Waals surface area (Å²) in [6.07, 6.45) is -5.00. The Hall–Kier alpha value is -5.00. The van der Waals surface area contributed by atoms with E-state index in [-0.39, 0.29) is 27.7 Å². The predicted octanol–water partition coefficient (Wildman–Crippen LogP) is 5.68. The fourth-order valence-electron chi connectivity index (χ4n) is 5.15. The molecule has 1 N–H and O–H groups in total. The molecular formula is C31H26F3N7O3S. The molecule has 2 saturated heterocycles. The quantitative estimate of drug-likeness (QED) is 0.270. The van der Waals surface area contributed by atoms with Gasteiger partial charge in [-0.15, -0.1) is 10.2 Å². The molecule has 1 atom stereocenters. The summed E-state index contributed by atoms with van der Waals surface area (Å²) in [7, 11) is 1.40. The van der Waals surface area contributed by atoms with Crippen LogP contribution in [0.2, 0.25) is 0 Å². The largest absolute Gasteiger partial charge is 0.497 e. The summed E-state index contributed by atoms with van der Waals surface area (Å²) in [5.74, 6) is 0.713. The molecule has 2 aliphatic heterocycles. The van der Waals surface area contributed by atoms with Crippen molar-refractivity contribution in [3.8, 4) is 17.5 Å². The smallest absolute Gasteiger partial charge is 0.425 e. The van der Waals surface area contributed by atoms with Crippen molar-refractivity contribution >= 4 is 35.0 Å². The molecule has 0 radical (unpaired) electrons. The van der Waals surface area contributed by atoms with Crippen molar-refractivity contribution in [1.29, 1.82) is 5.26 Å². The van der Waals surface area contributed by atoms with Crippen molar-refractivity contribution in [2.75, 3.05) is 43.2 Å². The van der Waals surface area contributed by atoms with Gasteiger partial charge < -0.3 is 19.7 Å². The summed E-state index contributed by atoms with van der Waals surface area (Å²) >= 11 is 0.306. The lowest BCUT2D eigenvalue weighted by Crippen LogP contribution is -2.61. The number of urea groups is 1. The van der Waals surface area contributed by atoms with Gasteiger partial charge in [0.05, 0.1) is 31.7 Å². The Balaban J connectivity index is 1.62. The summed E-state index contributed by atoms with van der Waals surface area (Å²) in [6, 6.07) is 23.4. The maximum absolute atomic E-state index is 15.3. The number of rotatable bonds is 6. The van der Waals surface area contributed by atoms with Gasteiger partial charge in [-0.05, 0) is 42.0 Å². The fourth-order valence-corrected chi connectivity index (χ4v) is 6.47. The number of alkyl halides is 3. The molecular weight excluding hydrogens is 607 g/mol. The maximum atomic E-state index is 15.3. The first kappa shape index (κ1) is 30.0. The molecule has 14 heteroatoms. The number of carbonyl (C=O) groups is 1. The predicted molar refractivity (Wildman–Crippen MR) is 163 cm³/mol. The van der Waals surface area contributed by atoms with Crippen molar-refractivity contribution in [1.82, 2.24) is 20.1 Å². The second kappa shape index (κ2) is 12.2. The van der Waals surface area contributed by atoms with E-state index in [0.717, 1.165) is 4.90 Å². The highest BCUT2D eigenvalue weighted by Crippen LogP contribution is 2.55. The van der Waals surface area contributed by atoms with Crippen molar-refractivity contribution in [2.45, 2.75) is 11.0 Å². The number of nitrogens with one attached hydrogen (secondary N) is 1. The molecule has 2 fully saturated rings. The average Bonchev–Trinajstić information content (AvgIpc) is 3.50. The molecule has 4 aromatic rings. The Bertz CT molecular complexity index is 1750. The molecule has 1 aromatic heterocycles. The highest BCUT2D eigenvalue weighted by Gasteiger charge is 2.62.